The standard InChI is InChI=1S/C23H29Cl2N3O5S/c1-23(2,3)33-22(30)27-14-6-13-26-21(29)16-9-11-18(12-10-16)28(34(4,31)32)15-17-7-5-8-19(24)20(17)25/h5,7-12H,6,13-15H2,1-4H3,(H,26,29)(H,27,30). The lowest BCUT2D eigenvalue weighted by atomic mass is 10.1. The number of hydrogen-bond acceptors (Lipinski definition) is 5. The topological polar surface area (TPSA) is 105 Å². The largest absolute Gasteiger partial charge is 0.444 e. The lowest BCUT2D eigenvalue weighted by Gasteiger charge is -2.23. The van der Waals surface area contributed by atoms with E-state index in [1.54, 1.807) is 63.2 Å². The first-order chi connectivity index (χ1) is 15.8. The molecule has 0 aliphatic heterocycles. The third-order valence-corrected chi connectivity index (χ3v) is 6.47. The van der Waals surface area contributed by atoms with E-state index in [-0.39, 0.29) is 17.5 Å². The summed E-state index contributed by atoms with van der Waals surface area (Å²) in [4.78, 5) is 24.0. The number of nitrogens with zero attached hydrogens (tertiary/aromatic N) is 1. The van der Waals surface area contributed by atoms with Crippen LogP contribution in [0.15, 0.2) is 42.5 Å². The molecule has 0 spiro atoms. The van der Waals surface area contributed by atoms with Crippen LogP contribution in [0.25, 0.3) is 0 Å². The van der Waals surface area contributed by atoms with Crippen LogP contribution in [0, 0.1) is 0 Å². The van der Waals surface area contributed by atoms with Gasteiger partial charge in [0.15, 0.2) is 0 Å². The van der Waals surface area contributed by atoms with Gasteiger partial charge in [-0.3, -0.25) is 9.10 Å². The molecule has 0 saturated carbocycles. The van der Waals surface area contributed by atoms with Crippen molar-refractivity contribution in [1.29, 1.82) is 0 Å². The quantitative estimate of drug-likeness (QED) is 0.461. The minimum atomic E-state index is -3.63. The molecule has 11 heteroatoms. The Morgan fingerprint density at radius 3 is 2.21 bits per heavy atom. The molecule has 2 aromatic rings. The summed E-state index contributed by atoms with van der Waals surface area (Å²) in [6, 6.07) is 11.2. The molecule has 0 aliphatic carbocycles. The smallest absolute Gasteiger partial charge is 0.407 e. The summed E-state index contributed by atoms with van der Waals surface area (Å²) in [5, 5.41) is 6.00. The summed E-state index contributed by atoms with van der Waals surface area (Å²) >= 11 is 12.3. The molecule has 0 fully saturated rings. The average molecular weight is 530 g/mol. The maximum Gasteiger partial charge on any atom is 0.407 e. The molecular formula is C23H29Cl2N3O5S. The number of carbonyl (C=O) groups is 2. The number of amides is 2. The number of ether oxygens (including phenoxy) is 1. The maximum atomic E-state index is 12.4. The maximum absolute atomic E-state index is 12.4. The Hall–Kier alpha value is -2.49. The average Bonchev–Trinajstić information content (AvgIpc) is 2.72. The lowest BCUT2D eigenvalue weighted by molar-refractivity contribution is 0.0527. The van der Waals surface area contributed by atoms with E-state index in [0.29, 0.717) is 41.3 Å². The molecule has 0 radical (unpaired) electrons. The van der Waals surface area contributed by atoms with Crippen LogP contribution in [0.3, 0.4) is 0 Å². The highest BCUT2D eigenvalue weighted by atomic mass is 35.5. The van der Waals surface area contributed by atoms with E-state index in [1.165, 1.54) is 4.31 Å². The van der Waals surface area contributed by atoms with Crippen LogP contribution in [0.5, 0.6) is 0 Å². The Morgan fingerprint density at radius 2 is 1.62 bits per heavy atom. The van der Waals surface area contributed by atoms with E-state index >= 15 is 0 Å². The Labute approximate surface area is 210 Å². The predicted octanol–water partition coefficient (Wildman–Crippen LogP) is 4.60. The summed E-state index contributed by atoms with van der Waals surface area (Å²) in [7, 11) is -3.63. The number of hydrogen-bond donors (Lipinski definition) is 2. The molecule has 34 heavy (non-hydrogen) atoms. The Kier molecular flexibility index (Phi) is 9.61. The zero-order valence-corrected chi connectivity index (χ0v) is 21.9. The van der Waals surface area contributed by atoms with Crippen LogP contribution < -0.4 is 14.9 Å². The molecule has 0 atom stereocenters. The van der Waals surface area contributed by atoms with E-state index in [4.69, 9.17) is 27.9 Å². The molecule has 0 aromatic heterocycles. The highest BCUT2D eigenvalue weighted by Crippen LogP contribution is 2.29. The molecule has 2 aromatic carbocycles. The minimum absolute atomic E-state index is 0.00554. The number of benzene rings is 2. The normalized spacial score (nSPS) is 11.6. The predicted molar refractivity (Wildman–Crippen MR) is 135 cm³/mol. The zero-order chi connectivity index (χ0) is 25.5. The molecular weight excluding hydrogens is 501 g/mol. The van der Waals surface area contributed by atoms with Crippen LogP contribution in [0.2, 0.25) is 10.0 Å². The number of anilines is 1. The van der Waals surface area contributed by atoms with E-state index in [1.807, 2.05) is 0 Å². The summed E-state index contributed by atoms with van der Waals surface area (Å²) in [5.74, 6) is -0.312. The number of alkyl carbamates (subject to hydrolysis) is 1. The van der Waals surface area contributed by atoms with Gasteiger partial charge >= 0.3 is 6.09 Å². The molecule has 0 bridgehead atoms. The van der Waals surface area contributed by atoms with Crippen molar-refractivity contribution in [3.05, 3.63) is 63.6 Å². The van der Waals surface area contributed by atoms with Crippen molar-refractivity contribution in [3.8, 4) is 0 Å². The van der Waals surface area contributed by atoms with Gasteiger partial charge in [0.1, 0.15) is 5.60 Å². The van der Waals surface area contributed by atoms with Crippen LogP contribution in [-0.2, 0) is 21.3 Å². The molecule has 8 nitrogen and oxygen atoms in total. The van der Waals surface area contributed by atoms with E-state index in [2.05, 4.69) is 10.6 Å². The van der Waals surface area contributed by atoms with Crippen molar-refractivity contribution in [3.63, 3.8) is 0 Å². The SMILES string of the molecule is CC(C)(C)OC(=O)NCCCNC(=O)c1ccc(N(Cc2cccc(Cl)c2Cl)S(C)(=O)=O)cc1. The third kappa shape index (κ3) is 8.70. The van der Waals surface area contributed by atoms with Crippen molar-refractivity contribution in [1.82, 2.24) is 10.6 Å². The third-order valence-electron chi connectivity index (χ3n) is 4.47. The van der Waals surface area contributed by atoms with E-state index < -0.39 is 21.7 Å². The van der Waals surface area contributed by atoms with Gasteiger partial charge < -0.3 is 15.4 Å². The van der Waals surface area contributed by atoms with Gasteiger partial charge in [0.2, 0.25) is 10.0 Å². The van der Waals surface area contributed by atoms with Crippen molar-refractivity contribution < 1.29 is 22.7 Å². The van der Waals surface area contributed by atoms with E-state index in [0.717, 1.165) is 6.26 Å². The first-order valence-electron chi connectivity index (χ1n) is 10.5. The summed E-state index contributed by atoms with van der Waals surface area (Å²) in [6.07, 6.45) is 1.10. The molecule has 186 valence electrons. The molecule has 2 rings (SSSR count). The Balaban J connectivity index is 1.96. The van der Waals surface area contributed by atoms with Gasteiger partial charge in [-0.1, -0.05) is 35.3 Å². The fourth-order valence-electron chi connectivity index (χ4n) is 2.90. The lowest BCUT2D eigenvalue weighted by Crippen LogP contribution is -2.34. The van der Waals surface area contributed by atoms with Crippen LogP contribution in [0.1, 0.15) is 43.1 Å². The number of nitrogens with one attached hydrogen (secondary N) is 2. The van der Waals surface area contributed by atoms with Gasteiger partial charge in [-0.15, -0.1) is 0 Å². The molecule has 0 aliphatic rings. The van der Waals surface area contributed by atoms with Crippen LogP contribution in [-0.4, -0.2) is 45.4 Å². The van der Waals surface area contributed by atoms with Crippen molar-refractivity contribution in [2.75, 3.05) is 23.7 Å². The van der Waals surface area contributed by atoms with Gasteiger partial charge in [0.25, 0.3) is 5.91 Å². The van der Waals surface area contributed by atoms with Gasteiger partial charge in [-0.25, -0.2) is 13.2 Å². The Morgan fingerprint density at radius 1 is 1.00 bits per heavy atom. The summed E-state index contributed by atoms with van der Waals surface area (Å²) in [6.45, 7) is 6.02. The molecule has 0 heterocycles. The fraction of sp³-hybridized carbons (Fsp3) is 0.391. The van der Waals surface area contributed by atoms with Crippen molar-refractivity contribution >= 4 is 50.9 Å². The van der Waals surface area contributed by atoms with Gasteiger partial charge in [0, 0.05) is 18.7 Å². The summed E-state index contributed by atoms with van der Waals surface area (Å²) in [5.41, 5.74) is 0.744. The second-order valence-corrected chi connectivity index (χ2v) is 11.3. The second-order valence-electron chi connectivity index (χ2n) is 8.57. The van der Waals surface area contributed by atoms with E-state index in [9.17, 15) is 18.0 Å². The fourth-order valence-corrected chi connectivity index (χ4v) is 4.16. The van der Waals surface area contributed by atoms with Gasteiger partial charge in [-0.05, 0) is 63.1 Å². The van der Waals surface area contributed by atoms with Gasteiger partial charge in [-0.2, -0.15) is 0 Å². The first-order valence-corrected chi connectivity index (χ1v) is 13.1. The summed E-state index contributed by atoms with van der Waals surface area (Å²) < 4.78 is 31.2. The van der Waals surface area contributed by atoms with Crippen LogP contribution in [0.4, 0.5) is 10.5 Å². The molecule has 0 saturated heterocycles. The number of rotatable bonds is 9. The van der Waals surface area contributed by atoms with Crippen molar-refractivity contribution in [2.45, 2.75) is 39.3 Å². The number of sulfonamides is 1. The molecule has 2 amide bonds. The molecule has 2 N–H and O–H groups in total. The van der Waals surface area contributed by atoms with Crippen LogP contribution >= 0.6 is 23.2 Å². The number of carbonyl (C=O) groups excluding carboxylic acids is 2. The Bertz CT molecular complexity index is 1120. The zero-order valence-electron chi connectivity index (χ0n) is 19.5. The highest BCUT2D eigenvalue weighted by Gasteiger charge is 2.20. The first kappa shape index (κ1) is 27.8. The van der Waals surface area contributed by atoms with Gasteiger partial charge in [0.05, 0.1) is 28.5 Å². The highest BCUT2D eigenvalue weighted by molar-refractivity contribution is 7.92. The number of halogens is 2. The minimum Gasteiger partial charge on any atom is -0.444 e. The monoisotopic (exact) mass is 529 g/mol. The van der Waals surface area contributed by atoms with Crippen molar-refractivity contribution in [2.24, 2.45) is 0 Å². The molecule has 0 unspecified atom stereocenters. The second kappa shape index (κ2) is 11.8.